The van der Waals surface area contributed by atoms with E-state index in [1.54, 1.807) is 0 Å². The molecule has 6 heteroatoms. The van der Waals surface area contributed by atoms with E-state index in [2.05, 4.69) is 0 Å². The van der Waals surface area contributed by atoms with Crippen molar-refractivity contribution < 1.29 is 29.3 Å². The average molecular weight is 389 g/mol. The van der Waals surface area contributed by atoms with Gasteiger partial charge in [-0.2, -0.15) is 0 Å². The largest absolute Gasteiger partial charge is 0.469 e. The molecule has 0 aromatic heterocycles. The molecule has 0 radical (unpaired) electrons. The number of carbonyl (C=O) groups excluding carboxylic acids is 2. The lowest BCUT2D eigenvalue weighted by atomic mass is 9.82. The van der Waals surface area contributed by atoms with Gasteiger partial charge in [-0.05, 0) is 55.8 Å². The standard InChI is InChI=1S/C21H40O6/c1-20(2,14-18(24)26-5)12-10-16(22)8-7-9-17(23)11-13-21(3,4)15-19(25)27-6/h16-17,22-23H,7-15H2,1-6H3. The van der Waals surface area contributed by atoms with Crippen LogP contribution in [0.25, 0.3) is 0 Å². The van der Waals surface area contributed by atoms with Gasteiger partial charge in [0, 0.05) is 0 Å². The Morgan fingerprint density at radius 1 is 0.741 bits per heavy atom. The Bertz CT molecular complexity index is 404. The van der Waals surface area contributed by atoms with Crippen molar-refractivity contribution >= 4 is 11.9 Å². The molecule has 0 saturated carbocycles. The van der Waals surface area contributed by atoms with Crippen molar-refractivity contribution in [3.05, 3.63) is 0 Å². The predicted molar refractivity (Wildman–Crippen MR) is 105 cm³/mol. The molecule has 0 amide bonds. The Morgan fingerprint density at radius 2 is 1.07 bits per heavy atom. The molecule has 0 spiro atoms. The fourth-order valence-corrected chi connectivity index (χ4v) is 3.10. The predicted octanol–water partition coefficient (Wildman–Crippen LogP) is 3.62. The molecular formula is C21H40O6. The van der Waals surface area contributed by atoms with Crippen LogP contribution in [0.5, 0.6) is 0 Å². The lowest BCUT2D eigenvalue weighted by Crippen LogP contribution is -2.21. The minimum Gasteiger partial charge on any atom is -0.469 e. The van der Waals surface area contributed by atoms with Gasteiger partial charge in [0.2, 0.25) is 0 Å². The van der Waals surface area contributed by atoms with Crippen molar-refractivity contribution in [2.75, 3.05) is 14.2 Å². The Labute approximate surface area is 164 Å². The molecule has 2 N–H and O–H groups in total. The van der Waals surface area contributed by atoms with Gasteiger partial charge in [-0.25, -0.2) is 0 Å². The molecule has 0 saturated heterocycles. The Morgan fingerprint density at radius 3 is 1.37 bits per heavy atom. The van der Waals surface area contributed by atoms with E-state index < -0.39 is 12.2 Å². The third kappa shape index (κ3) is 13.6. The summed E-state index contributed by atoms with van der Waals surface area (Å²) in [6.07, 6.45) is 4.60. The second kappa shape index (κ2) is 12.3. The Hall–Kier alpha value is -1.14. The van der Waals surface area contributed by atoms with Crippen LogP contribution in [0.1, 0.15) is 85.5 Å². The summed E-state index contributed by atoms with van der Waals surface area (Å²) in [6, 6.07) is 0. The van der Waals surface area contributed by atoms with Crippen LogP contribution in [0, 0.1) is 10.8 Å². The maximum Gasteiger partial charge on any atom is 0.306 e. The van der Waals surface area contributed by atoms with E-state index in [-0.39, 0.29) is 22.8 Å². The molecular weight excluding hydrogens is 348 g/mol. The lowest BCUT2D eigenvalue weighted by molar-refractivity contribution is -0.144. The number of aliphatic hydroxyl groups excluding tert-OH is 2. The summed E-state index contributed by atoms with van der Waals surface area (Å²) in [7, 11) is 2.77. The zero-order valence-corrected chi connectivity index (χ0v) is 18.0. The first-order valence-corrected chi connectivity index (χ1v) is 9.90. The van der Waals surface area contributed by atoms with Crippen molar-refractivity contribution in [3.8, 4) is 0 Å². The summed E-state index contributed by atoms with van der Waals surface area (Å²) in [4.78, 5) is 22.8. The molecule has 0 aromatic carbocycles. The number of hydrogen-bond donors (Lipinski definition) is 2. The number of rotatable bonds is 14. The molecule has 6 nitrogen and oxygen atoms in total. The number of methoxy groups -OCH3 is 2. The number of carbonyl (C=O) groups is 2. The summed E-state index contributed by atoms with van der Waals surface area (Å²) >= 11 is 0. The lowest BCUT2D eigenvalue weighted by Gasteiger charge is -2.25. The number of aliphatic hydroxyl groups is 2. The first kappa shape index (κ1) is 25.9. The summed E-state index contributed by atoms with van der Waals surface area (Å²) in [5, 5.41) is 20.3. The van der Waals surface area contributed by atoms with Crippen molar-refractivity contribution in [2.24, 2.45) is 10.8 Å². The van der Waals surface area contributed by atoms with Crippen LogP contribution in [0.3, 0.4) is 0 Å². The highest BCUT2D eigenvalue weighted by atomic mass is 16.5. The maximum absolute atomic E-state index is 11.4. The van der Waals surface area contributed by atoms with Gasteiger partial charge >= 0.3 is 11.9 Å². The molecule has 0 rings (SSSR count). The summed E-state index contributed by atoms with van der Waals surface area (Å²) < 4.78 is 9.41. The van der Waals surface area contributed by atoms with Crippen LogP contribution in [-0.4, -0.2) is 48.6 Å². The quantitative estimate of drug-likeness (QED) is 0.442. The van der Waals surface area contributed by atoms with Gasteiger partial charge in [0.1, 0.15) is 0 Å². The molecule has 0 fully saturated rings. The third-order valence-electron chi connectivity index (χ3n) is 5.08. The maximum atomic E-state index is 11.4. The van der Waals surface area contributed by atoms with Crippen LogP contribution >= 0.6 is 0 Å². The highest BCUT2D eigenvalue weighted by Crippen LogP contribution is 2.30. The Balaban J connectivity index is 4.01. The van der Waals surface area contributed by atoms with Gasteiger partial charge in [-0.15, -0.1) is 0 Å². The van der Waals surface area contributed by atoms with Gasteiger partial charge in [-0.3, -0.25) is 9.59 Å². The van der Waals surface area contributed by atoms with Crippen LogP contribution < -0.4 is 0 Å². The fraction of sp³-hybridized carbons (Fsp3) is 0.905. The van der Waals surface area contributed by atoms with Crippen molar-refractivity contribution in [3.63, 3.8) is 0 Å². The summed E-state index contributed by atoms with van der Waals surface area (Å²) in [5.41, 5.74) is -0.391. The minimum absolute atomic E-state index is 0.196. The zero-order valence-electron chi connectivity index (χ0n) is 18.0. The van der Waals surface area contributed by atoms with Gasteiger partial charge in [-0.1, -0.05) is 27.7 Å². The van der Waals surface area contributed by atoms with E-state index in [1.165, 1.54) is 14.2 Å². The van der Waals surface area contributed by atoms with Crippen molar-refractivity contribution in [2.45, 2.75) is 97.7 Å². The topological polar surface area (TPSA) is 93.1 Å². The molecule has 160 valence electrons. The van der Waals surface area contributed by atoms with Crippen LogP contribution in [0.4, 0.5) is 0 Å². The molecule has 0 aromatic rings. The zero-order chi connectivity index (χ0) is 21.1. The van der Waals surface area contributed by atoms with Gasteiger partial charge < -0.3 is 19.7 Å². The highest BCUT2D eigenvalue weighted by molar-refractivity contribution is 5.70. The van der Waals surface area contributed by atoms with E-state index in [0.29, 0.717) is 38.5 Å². The van der Waals surface area contributed by atoms with Crippen LogP contribution in [0.2, 0.25) is 0 Å². The highest BCUT2D eigenvalue weighted by Gasteiger charge is 2.25. The normalized spacial score (nSPS) is 14.5. The average Bonchev–Trinajstić information content (AvgIpc) is 2.57. The second-order valence-corrected chi connectivity index (χ2v) is 9.15. The third-order valence-corrected chi connectivity index (χ3v) is 5.08. The molecule has 0 aliphatic heterocycles. The van der Waals surface area contributed by atoms with E-state index in [1.807, 2.05) is 27.7 Å². The molecule has 0 bridgehead atoms. The number of hydrogen-bond acceptors (Lipinski definition) is 6. The van der Waals surface area contributed by atoms with Crippen LogP contribution in [0.15, 0.2) is 0 Å². The van der Waals surface area contributed by atoms with E-state index in [0.717, 1.165) is 19.3 Å². The van der Waals surface area contributed by atoms with E-state index >= 15 is 0 Å². The van der Waals surface area contributed by atoms with Crippen molar-refractivity contribution in [1.29, 1.82) is 0 Å². The number of esters is 2. The molecule has 0 aliphatic rings. The molecule has 0 heterocycles. The number of ether oxygens (including phenoxy) is 2. The summed E-state index contributed by atoms with van der Waals surface area (Å²) in [6.45, 7) is 7.99. The van der Waals surface area contributed by atoms with E-state index in [9.17, 15) is 19.8 Å². The SMILES string of the molecule is COC(=O)CC(C)(C)CCC(O)CCCC(O)CCC(C)(C)CC(=O)OC. The van der Waals surface area contributed by atoms with Crippen molar-refractivity contribution in [1.82, 2.24) is 0 Å². The molecule has 0 aliphatic carbocycles. The Kier molecular flexibility index (Phi) is 11.8. The fourth-order valence-electron chi connectivity index (χ4n) is 3.10. The molecule has 2 unspecified atom stereocenters. The smallest absolute Gasteiger partial charge is 0.306 e. The van der Waals surface area contributed by atoms with E-state index in [4.69, 9.17) is 9.47 Å². The summed E-state index contributed by atoms with van der Waals surface area (Å²) in [5.74, 6) is -0.458. The first-order chi connectivity index (χ1) is 12.4. The van der Waals surface area contributed by atoms with Gasteiger partial charge in [0.15, 0.2) is 0 Å². The molecule has 2 atom stereocenters. The minimum atomic E-state index is -0.426. The second-order valence-electron chi connectivity index (χ2n) is 9.15. The first-order valence-electron chi connectivity index (χ1n) is 9.90. The monoisotopic (exact) mass is 388 g/mol. The van der Waals surface area contributed by atoms with Gasteiger partial charge in [0.25, 0.3) is 0 Å². The van der Waals surface area contributed by atoms with Gasteiger partial charge in [0.05, 0.1) is 39.3 Å². The molecule has 27 heavy (non-hydrogen) atoms. The van der Waals surface area contributed by atoms with Crippen LogP contribution in [-0.2, 0) is 19.1 Å².